The first-order chi connectivity index (χ1) is 3.00. The molecule has 0 bridgehead atoms. The van der Waals surface area contributed by atoms with E-state index in [0.29, 0.717) is 0 Å². The van der Waals surface area contributed by atoms with Gasteiger partial charge in [-0.2, -0.15) is 0 Å². The van der Waals surface area contributed by atoms with Crippen LogP contribution in [0, 0.1) is 6.07 Å². The Kier molecular flexibility index (Phi) is 4.15. The van der Waals surface area contributed by atoms with Crippen molar-refractivity contribution in [2.45, 2.75) is 0 Å². The van der Waals surface area contributed by atoms with Gasteiger partial charge in [-0.1, -0.05) is 30.3 Å². The lowest BCUT2D eigenvalue weighted by Gasteiger charge is -1.68. The first kappa shape index (κ1) is 6.99. The minimum Gasteiger partial charge on any atom is -0.0622 e. The summed E-state index contributed by atoms with van der Waals surface area (Å²) in [6.07, 6.45) is 0. The predicted octanol–water partition coefficient (Wildman–Crippen LogP) is 0.571. The molecule has 7 heavy (non-hydrogen) atoms. The predicted molar refractivity (Wildman–Crippen MR) is 33.8 cm³/mol. The SMILES string of the molecule is [MgH2].[c]1ccccc1. The van der Waals surface area contributed by atoms with E-state index in [4.69, 9.17) is 0 Å². The van der Waals surface area contributed by atoms with Gasteiger partial charge in [0.15, 0.2) is 0 Å². The van der Waals surface area contributed by atoms with Crippen molar-refractivity contribution in [1.82, 2.24) is 0 Å². The van der Waals surface area contributed by atoms with Gasteiger partial charge in [-0.3, -0.25) is 0 Å². The standard InChI is InChI=1S/C6H5.Mg.2H/c1-2-4-6-5-3-1;;;/h1-5H;;;. The van der Waals surface area contributed by atoms with E-state index in [1.807, 2.05) is 30.3 Å². The van der Waals surface area contributed by atoms with Crippen LogP contribution < -0.4 is 0 Å². The Balaban J connectivity index is 0.000000360. The molecule has 1 aromatic carbocycles. The number of hydrogen-bond acceptors (Lipinski definition) is 0. The zero-order valence-corrected chi connectivity index (χ0v) is 3.39. The molecule has 0 N–H and O–H groups in total. The number of rotatable bonds is 0. The normalized spacial score (nSPS) is 6.86. The van der Waals surface area contributed by atoms with Crippen molar-refractivity contribution in [1.29, 1.82) is 0 Å². The minimum atomic E-state index is 0. The summed E-state index contributed by atoms with van der Waals surface area (Å²) in [7, 11) is 0. The van der Waals surface area contributed by atoms with Gasteiger partial charge < -0.3 is 0 Å². The molecule has 1 radical (unpaired) electrons. The van der Waals surface area contributed by atoms with E-state index in [9.17, 15) is 0 Å². The Bertz CT molecular complexity index is 76.1. The van der Waals surface area contributed by atoms with E-state index in [1.165, 1.54) is 0 Å². The summed E-state index contributed by atoms with van der Waals surface area (Å²) in [5, 5.41) is 0. The Labute approximate surface area is 59.7 Å². The zero-order valence-electron chi connectivity index (χ0n) is 3.39. The van der Waals surface area contributed by atoms with Crippen LogP contribution >= 0.6 is 0 Å². The highest BCUT2D eigenvalue weighted by atomic mass is 24.3. The van der Waals surface area contributed by atoms with Gasteiger partial charge in [-0.25, -0.2) is 0 Å². The smallest absolute Gasteiger partial charge is 0.0622 e. The van der Waals surface area contributed by atoms with E-state index < -0.39 is 0 Å². The molecule has 1 heteroatoms. The molecule has 0 atom stereocenters. The highest BCUT2D eigenvalue weighted by Gasteiger charge is 1.58. The molecule has 0 heterocycles. The molecule has 0 saturated heterocycles. The highest BCUT2D eigenvalue weighted by Crippen LogP contribution is 1.78. The minimum absolute atomic E-state index is 0. The molecule has 0 saturated carbocycles. The van der Waals surface area contributed by atoms with Crippen LogP contribution in [0.3, 0.4) is 0 Å². The molecule has 0 aliphatic rings. The first-order valence-electron chi connectivity index (χ1n) is 1.91. The van der Waals surface area contributed by atoms with Gasteiger partial charge in [0.2, 0.25) is 0 Å². The molecule has 0 spiro atoms. The molecule has 0 unspecified atom stereocenters. The average molecular weight is 103 g/mol. The maximum Gasteiger partial charge on any atom is 0.316 e. The number of benzene rings is 1. The Hall–Kier alpha value is -0.0138. The third kappa shape index (κ3) is 2.65. The zero-order chi connectivity index (χ0) is 4.24. The molecule has 1 aromatic rings. The van der Waals surface area contributed by atoms with Crippen molar-refractivity contribution in [2.24, 2.45) is 0 Å². The molecule has 0 nitrogen and oxygen atoms in total. The summed E-state index contributed by atoms with van der Waals surface area (Å²) in [5.41, 5.74) is 0. The van der Waals surface area contributed by atoms with Crippen LogP contribution in [0.1, 0.15) is 0 Å². The lowest BCUT2D eigenvalue weighted by Crippen LogP contribution is -1.49. The summed E-state index contributed by atoms with van der Waals surface area (Å²) in [5.74, 6) is 0. The Morgan fingerprint density at radius 1 is 0.857 bits per heavy atom. The lowest BCUT2D eigenvalue weighted by atomic mass is 10.4. The van der Waals surface area contributed by atoms with E-state index in [1.54, 1.807) is 0 Å². The second-order valence-corrected chi connectivity index (χ2v) is 1.08. The van der Waals surface area contributed by atoms with Crippen molar-refractivity contribution in [3.63, 3.8) is 0 Å². The summed E-state index contributed by atoms with van der Waals surface area (Å²) < 4.78 is 0. The highest BCUT2D eigenvalue weighted by molar-refractivity contribution is 5.75. The first-order valence-corrected chi connectivity index (χ1v) is 1.91. The fourth-order valence-electron chi connectivity index (χ4n) is 0.342. The second-order valence-electron chi connectivity index (χ2n) is 1.08. The van der Waals surface area contributed by atoms with Gasteiger partial charge in [-0.05, 0) is 6.07 Å². The summed E-state index contributed by atoms with van der Waals surface area (Å²) in [4.78, 5) is 0. The Morgan fingerprint density at radius 2 is 1.43 bits per heavy atom. The second kappa shape index (κ2) is 4.15. The fraction of sp³-hybridized carbons (Fsp3) is 0. The van der Waals surface area contributed by atoms with E-state index in [-0.39, 0.29) is 23.1 Å². The van der Waals surface area contributed by atoms with Crippen LogP contribution in [-0.4, -0.2) is 23.1 Å². The van der Waals surface area contributed by atoms with Crippen LogP contribution in [0.2, 0.25) is 0 Å². The molecule has 1 rings (SSSR count). The van der Waals surface area contributed by atoms with Crippen molar-refractivity contribution in [3.8, 4) is 0 Å². The molecule has 0 amide bonds. The van der Waals surface area contributed by atoms with E-state index >= 15 is 0 Å². The maximum absolute atomic E-state index is 2.89. The molecular weight excluding hydrogens is 96.4 g/mol. The van der Waals surface area contributed by atoms with Gasteiger partial charge in [0.1, 0.15) is 0 Å². The van der Waals surface area contributed by atoms with Crippen LogP contribution in [0.15, 0.2) is 30.3 Å². The monoisotopic (exact) mass is 103 g/mol. The molecule has 0 fully saturated rings. The van der Waals surface area contributed by atoms with Crippen LogP contribution in [0.25, 0.3) is 0 Å². The third-order valence-electron chi connectivity index (χ3n) is 0.607. The fourth-order valence-corrected chi connectivity index (χ4v) is 0.342. The molecule has 0 aromatic heterocycles. The topological polar surface area (TPSA) is 0 Å². The molecule has 33 valence electrons. The van der Waals surface area contributed by atoms with Crippen molar-refractivity contribution >= 4 is 23.1 Å². The van der Waals surface area contributed by atoms with Crippen LogP contribution in [0.5, 0.6) is 0 Å². The average Bonchev–Trinajstić information content (AvgIpc) is 1.72. The van der Waals surface area contributed by atoms with Crippen molar-refractivity contribution < 1.29 is 0 Å². The number of hydrogen-bond donors (Lipinski definition) is 0. The quantitative estimate of drug-likeness (QED) is 0.421. The molecule has 0 aliphatic heterocycles. The Morgan fingerprint density at radius 3 is 1.57 bits per heavy atom. The van der Waals surface area contributed by atoms with Gasteiger partial charge in [0, 0.05) is 0 Å². The lowest BCUT2D eigenvalue weighted by molar-refractivity contribution is 1.70. The van der Waals surface area contributed by atoms with Gasteiger partial charge >= 0.3 is 23.1 Å². The van der Waals surface area contributed by atoms with Crippen LogP contribution in [-0.2, 0) is 0 Å². The van der Waals surface area contributed by atoms with Crippen molar-refractivity contribution in [3.05, 3.63) is 36.4 Å². The van der Waals surface area contributed by atoms with Crippen LogP contribution in [0.4, 0.5) is 0 Å². The third-order valence-corrected chi connectivity index (χ3v) is 0.607. The summed E-state index contributed by atoms with van der Waals surface area (Å²) >= 11 is 0. The summed E-state index contributed by atoms with van der Waals surface area (Å²) in [6, 6.07) is 12.5. The maximum atomic E-state index is 2.89. The van der Waals surface area contributed by atoms with E-state index in [0.717, 1.165) is 0 Å². The van der Waals surface area contributed by atoms with Crippen molar-refractivity contribution in [2.75, 3.05) is 0 Å². The largest absolute Gasteiger partial charge is 0.316 e. The summed E-state index contributed by atoms with van der Waals surface area (Å²) in [6.45, 7) is 0. The van der Waals surface area contributed by atoms with E-state index in [2.05, 4.69) is 6.07 Å². The molecule has 0 aliphatic carbocycles. The van der Waals surface area contributed by atoms with Gasteiger partial charge in [-0.15, -0.1) is 0 Å². The molecular formula is C6H7Mg. The van der Waals surface area contributed by atoms with Gasteiger partial charge in [0.25, 0.3) is 0 Å². The van der Waals surface area contributed by atoms with Gasteiger partial charge in [0.05, 0.1) is 0 Å².